The fourth-order valence-corrected chi connectivity index (χ4v) is 2.88. The number of carbonyl (C=O) groups excluding carboxylic acids is 1. The first-order valence-corrected chi connectivity index (χ1v) is 7.90. The van der Waals surface area contributed by atoms with E-state index < -0.39 is 18.1 Å². The molecular formula is C18H19NO5. The van der Waals surface area contributed by atoms with Crippen molar-refractivity contribution >= 4 is 22.8 Å². The number of benzene rings is 2. The van der Waals surface area contributed by atoms with Crippen LogP contribution in [0.3, 0.4) is 0 Å². The number of carboxylic acids is 1. The van der Waals surface area contributed by atoms with Gasteiger partial charge >= 0.3 is 12.1 Å². The second-order valence-electron chi connectivity index (χ2n) is 5.72. The molecule has 2 unspecified atom stereocenters. The van der Waals surface area contributed by atoms with Crippen LogP contribution in [0.15, 0.2) is 42.5 Å². The number of alkyl carbamates (subject to hydrolysis) is 1. The fourth-order valence-electron chi connectivity index (χ4n) is 2.88. The third-order valence-corrected chi connectivity index (χ3v) is 4.07. The maximum absolute atomic E-state index is 12.0. The maximum atomic E-state index is 12.0. The number of rotatable bonds is 5. The minimum Gasteiger partial charge on any atom is -0.479 e. The van der Waals surface area contributed by atoms with Crippen molar-refractivity contribution in [1.29, 1.82) is 0 Å². The number of fused-ring (bicyclic) bond motifs is 1. The van der Waals surface area contributed by atoms with Crippen LogP contribution in [0.4, 0.5) is 4.79 Å². The topological polar surface area (TPSA) is 84.9 Å². The Labute approximate surface area is 139 Å². The lowest BCUT2D eigenvalue weighted by Crippen LogP contribution is -2.35. The summed E-state index contributed by atoms with van der Waals surface area (Å²) in [6.07, 6.45) is 0.935. The maximum Gasteiger partial charge on any atom is 0.408 e. The Hall–Kier alpha value is -2.60. The second-order valence-corrected chi connectivity index (χ2v) is 5.72. The van der Waals surface area contributed by atoms with Crippen LogP contribution in [-0.2, 0) is 14.3 Å². The highest BCUT2D eigenvalue weighted by molar-refractivity contribution is 5.92. The van der Waals surface area contributed by atoms with E-state index in [1.165, 1.54) is 0 Å². The number of carbonyl (C=O) groups is 2. The number of carboxylic acid groups (broad SMARTS) is 1. The molecule has 0 bridgehead atoms. The van der Waals surface area contributed by atoms with E-state index >= 15 is 0 Å². The van der Waals surface area contributed by atoms with E-state index in [9.17, 15) is 14.7 Å². The van der Waals surface area contributed by atoms with Gasteiger partial charge in [-0.2, -0.15) is 0 Å². The summed E-state index contributed by atoms with van der Waals surface area (Å²) in [5.41, 5.74) is 0.523. The van der Waals surface area contributed by atoms with E-state index in [1.807, 2.05) is 30.3 Å². The summed E-state index contributed by atoms with van der Waals surface area (Å²) in [5, 5.41) is 13.6. The molecule has 1 aliphatic rings. The van der Waals surface area contributed by atoms with Gasteiger partial charge in [0.05, 0.1) is 6.10 Å². The summed E-state index contributed by atoms with van der Waals surface area (Å²) >= 11 is 0. The molecule has 3 rings (SSSR count). The Morgan fingerprint density at radius 1 is 1.25 bits per heavy atom. The Bertz CT molecular complexity index is 734. The molecule has 2 atom stereocenters. The van der Waals surface area contributed by atoms with Gasteiger partial charge in [0.1, 0.15) is 6.61 Å². The summed E-state index contributed by atoms with van der Waals surface area (Å²) in [6.45, 7) is 0.803. The summed E-state index contributed by atoms with van der Waals surface area (Å²) < 4.78 is 10.5. The first kappa shape index (κ1) is 16.3. The van der Waals surface area contributed by atoms with Crippen LogP contribution in [0, 0.1) is 0 Å². The zero-order valence-electron chi connectivity index (χ0n) is 13.1. The molecule has 2 N–H and O–H groups in total. The molecule has 2 aromatic rings. The molecule has 24 heavy (non-hydrogen) atoms. The van der Waals surface area contributed by atoms with Crippen molar-refractivity contribution in [3.63, 3.8) is 0 Å². The molecule has 1 aliphatic heterocycles. The van der Waals surface area contributed by atoms with Crippen molar-refractivity contribution < 1.29 is 24.2 Å². The molecule has 0 radical (unpaired) electrons. The monoisotopic (exact) mass is 329 g/mol. The molecule has 2 aromatic carbocycles. The van der Waals surface area contributed by atoms with Gasteiger partial charge in [0.15, 0.2) is 6.04 Å². The molecule has 6 heteroatoms. The van der Waals surface area contributed by atoms with E-state index in [-0.39, 0.29) is 12.7 Å². The Morgan fingerprint density at radius 2 is 2.04 bits per heavy atom. The highest BCUT2D eigenvalue weighted by atomic mass is 16.6. The number of amides is 1. The predicted octanol–water partition coefficient (Wildman–Crippen LogP) is 2.87. The van der Waals surface area contributed by atoms with Gasteiger partial charge in [-0.3, -0.25) is 0 Å². The van der Waals surface area contributed by atoms with E-state index in [1.54, 1.807) is 12.1 Å². The minimum absolute atomic E-state index is 0.100. The molecular weight excluding hydrogens is 310 g/mol. The summed E-state index contributed by atoms with van der Waals surface area (Å²) in [7, 11) is 0. The van der Waals surface area contributed by atoms with Crippen molar-refractivity contribution in [3.05, 3.63) is 48.0 Å². The lowest BCUT2D eigenvalue weighted by molar-refractivity contribution is -0.139. The van der Waals surface area contributed by atoms with E-state index in [4.69, 9.17) is 9.47 Å². The van der Waals surface area contributed by atoms with Gasteiger partial charge in [-0.15, -0.1) is 0 Å². The second kappa shape index (κ2) is 7.31. The Kier molecular flexibility index (Phi) is 4.96. The molecule has 1 saturated heterocycles. The van der Waals surface area contributed by atoms with Crippen molar-refractivity contribution in [2.75, 3.05) is 13.2 Å². The minimum atomic E-state index is -1.17. The zero-order chi connectivity index (χ0) is 16.9. The standard InChI is InChI=1S/C18H19NO5/c20-17(21)16(19-18(22)24-11-13-7-4-10-23-13)15-9-3-6-12-5-1-2-8-14(12)15/h1-3,5-6,8-9,13,16H,4,7,10-11H2,(H,19,22)(H,20,21). The smallest absolute Gasteiger partial charge is 0.408 e. The van der Waals surface area contributed by atoms with Crippen LogP contribution in [0.2, 0.25) is 0 Å². The quantitative estimate of drug-likeness (QED) is 0.881. The number of hydrogen-bond donors (Lipinski definition) is 2. The highest BCUT2D eigenvalue weighted by Gasteiger charge is 2.25. The van der Waals surface area contributed by atoms with Gasteiger partial charge in [0.25, 0.3) is 0 Å². The van der Waals surface area contributed by atoms with Gasteiger partial charge in [-0.25, -0.2) is 9.59 Å². The van der Waals surface area contributed by atoms with Crippen LogP contribution >= 0.6 is 0 Å². The lowest BCUT2D eigenvalue weighted by Gasteiger charge is -2.18. The third-order valence-electron chi connectivity index (χ3n) is 4.07. The summed E-state index contributed by atoms with van der Waals surface area (Å²) in [5.74, 6) is -1.14. The van der Waals surface area contributed by atoms with Crippen molar-refractivity contribution in [1.82, 2.24) is 5.32 Å². The van der Waals surface area contributed by atoms with Gasteiger partial charge in [-0.1, -0.05) is 42.5 Å². The third kappa shape index (κ3) is 3.65. The van der Waals surface area contributed by atoms with E-state index in [2.05, 4.69) is 5.32 Å². The molecule has 0 saturated carbocycles. The average molecular weight is 329 g/mol. The molecule has 0 aromatic heterocycles. The Balaban J connectivity index is 1.74. The highest BCUT2D eigenvalue weighted by Crippen LogP contribution is 2.24. The lowest BCUT2D eigenvalue weighted by atomic mass is 9.99. The first-order chi connectivity index (χ1) is 11.6. The fraction of sp³-hybridized carbons (Fsp3) is 0.333. The average Bonchev–Trinajstić information content (AvgIpc) is 3.11. The van der Waals surface area contributed by atoms with Crippen LogP contribution in [0.1, 0.15) is 24.4 Å². The molecule has 6 nitrogen and oxygen atoms in total. The molecule has 1 amide bonds. The number of aliphatic carboxylic acids is 1. The zero-order valence-corrected chi connectivity index (χ0v) is 13.1. The normalized spacial score (nSPS) is 18.2. The molecule has 1 heterocycles. The summed E-state index contributed by atoms with van der Waals surface area (Å²) in [4.78, 5) is 23.6. The van der Waals surface area contributed by atoms with Gasteiger partial charge in [0.2, 0.25) is 0 Å². The number of hydrogen-bond acceptors (Lipinski definition) is 4. The van der Waals surface area contributed by atoms with Crippen LogP contribution in [-0.4, -0.2) is 36.5 Å². The van der Waals surface area contributed by atoms with Crippen molar-refractivity contribution in [2.45, 2.75) is 25.0 Å². The Morgan fingerprint density at radius 3 is 2.79 bits per heavy atom. The molecule has 0 aliphatic carbocycles. The van der Waals surface area contributed by atoms with E-state index in [0.29, 0.717) is 12.2 Å². The molecule has 0 spiro atoms. The summed E-state index contributed by atoms with van der Waals surface area (Å²) in [6, 6.07) is 11.6. The van der Waals surface area contributed by atoms with Crippen LogP contribution < -0.4 is 5.32 Å². The molecule has 126 valence electrons. The van der Waals surface area contributed by atoms with Crippen molar-refractivity contribution in [2.24, 2.45) is 0 Å². The SMILES string of the molecule is O=C(NC(C(=O)O)c1cccc2ccccc12)OCC1CCCO1. The first-order valence-electron chi connectivity index (χ1n) is 7.90. The van der Waals surface area contributed by atoms with Crippen molar-refractivity contribution in [3.8, 4) is 0 Å². The van der Waals surface area contributed by atoms with Gasteiger partial charge < -0.3 is 19.9 Å². The van der Waals surface area contributed by atoms with Gasteiger partial charge in [-0.05, 0) is 29.2 Å². The largest absolute Gasteiger partial charge is 0.479 e. The predicted molar refractivity (Wildman–Crippen MR) is 87.8 cm³/mol. The number of nitrogens with one attached hydrogen (secondary N) is 1. The van der Waals surface area contributed by atoms with E-state index in [0.717, 1.165) is 23.6 Å². The van der Waals surface area contributed by atoms with Crippen LogP contribution in [0.25, 0.3) is 10.8 Å². The van der Waals surface area contributed by atoms with Crippen LogP contribution in [0.5, 0.6) is 0 Å². The van der Waals surface area contributed by atoms with Gasteiger partial charge in [0, 0.05) is 6.61 Å². The molecule has 1 fully saturated rings. The number of ether oxygens (including phenoxy) is 2.